The number of hydrogen-bond donors (Lipinski definition) is 2. The highest BCUT2D eigenvalue weighted by molar-refractivity contribution is 5.95. The van der Waals surface area contributed by atoms with E-state index in [4.69, 9.17) is 14.2 Å². The van der Waals surface area contributed by atoms with Gasteiger partial charge < -0.3 is 24.6 Å². The number of benzene rings is 1. The van der Waals surface area contributed by atoms with Crippen LogP contribution in [0.1, 0.15) is 49.9 Å². The first-order valence-electron chi connectivity index (χ1n) is 9.51. The van der Waals surface area contributed by atoms with Crippen molar-refractivity contribution in [2.45, 2.75) is 39.5 Å². The first-order valence-corrected chi connectivity index (χ1v) is 9.51. The lowest BCUT2D eigenvalue weighted by Gasteiger charge is -2.33. The first kappa shape index (κ1) is 21.0. The predicted octanol–water partition coefficient (Wildman–Crippen LogP) is 2.88. The molecule has 1 aliphatic rings. The van der Waals surface area contributed by atoms with Gasteiger partial charge in [0.15, 0.2) is 11.5 Å². The average molecular weight is 379 g/mol. The molecule has 0 unspecified atom stereocenters. The molecular formula is C20H29NO6. The third-order valence-corrected chi connectivity index (χ3v) is 4.62. The molecule has 0 aromatic heterocycles. The number of ether oxygens (including phenoxy) is 3. The summed E-state index contributed by atoms with van der Waals surface area (Å²) in [4.78, 5) is 24.3. The van der Waals surface area contributed by atoms with Crippen LogP contribution in [0.2, 0.25) is 0 Å². The summed E-state index contributed by atoms with van der Waals surface area (Å²) in [5.41, 5.74) is -0.558. The molecule has 0 aliphatic carbocycles. The van der Waals surface area contributed by atoms with Crippen molar-refractivity contribution >= 4 is 11.9 Å². The van der Waals surface area contributed by atoms with Crippen LogP contribution in [0.15, 0.2) is 18.2 Å². The van der Waals surface area contributed by atoms with Crippen molar-refractivity contribution in [3.05, 3.63) is 23.8 Å². The number of rotatable bonds is 10. The molecule has 0 bridgehead atoms. The molecule has 1 amide bonds. The van der Waals surface area contributed by atoms with Crippen LogP contribution in [0.25, 0.3) is 0 Å². The van der Waals surface area contributed by atoms with Gasteiger partial charge in [-0.1, -0.05) is 13.8 Å². The molecule has 7 heteroatoms. The molecular weight excluding hydrogens is 350 g/mol. The van der Waals surface area contributed by atoms with Crippen LogP contribution in [-0.2, 0) is 9.53 Å². The average Bonchev–Trinajstić information content (AvgIpc) is 2.69. The minimum atomic E-state index is -0.973. The Morgan fingerprint density at radius 1 is 1.11 bits per heavy atom. The molecule has 2 rings (SSSR count). The van der Waals surface area contributed by atoms with Crippen molar-refractivity contribution in [2.24, 2.45) is 5.41 Å². The van der Waals surface area contributed by atoms with Crippen LogP contribution in [0.3, 0.4) is 0 Å². The Morgan fingerprint density at radius 2 is 1.74 bits per heavy atom. The van der Waals surface area contributed by atoms with Crippen molar-refractivity contribution in [3.8, 4) is 11.5 Å². The van der Waals surface area contributed by atoms with E-state index in [1.807, 2.05) is 13.8 Å². The van der Waals surface area contributed by atoms with E-state index in [2.05, 4.69) is 5.32 Å². The molecule has 1 saturated heterocycles. The van der Waals surface area contributed by atoms with E-state index in [-0.39, 0.29) is 12.5 Å². The molecule has 1 aliphatic heterocycles. The fourth-order valence-electron chi connectivity index (χ4n) is 2.89. The second kappa shape index (κ2) is 10.2. The number of aliphatic carboxylic acids is 1. The fraction of sp³-hybridized carbons (Fsp3) is 0.600. The van der Waals surface area contributed by atoms with Gasteiger partial charge in [0, 0.05) is 25.3 Å². The number of carbonyl (C=O) groups is 2. The van der Waals surface area contributed by atoms with Gasteiger partial charge in [-0.2, -0.15) is 0 Å². The minimum absolute atomic E-state index is 0.0732. The molecule has 0 saturated carbocycles. The minimum Gasteiger partial charge on any atom is -0.490 e. The summed E-state index contributed by atoms with van der Waals surface area (Å²) >= 11 is 0. The standard InChI is InChI=1S/C20H29NO6/c1-3-9-26-16-6-5-15(13-17(16)27-10-4-2)18(22)21-14-20(19(23)24)7-11-25-12-8-20/h5-6,13H,3-4,7-12,14H2,1-2H3,(H,21,22)(H,23,24). The second-order valence-electron chi connectivity index (χ2n) is 6.74. The van der Waals surface area contributed by atoms with Gasteiger partial charge in [0.1, 0.15) is 0 Å². The Bertz CT molecular complexity index is 639. The lowest BCUT2D eigenvalue weighted by molar-refractivity contribution is -0.154. The molecule has 150 valence electrons. The number of nitrogens with one attached hydrogen (secondary N) is 1. The van der Waals surface area contributed by atoms with E-state index in [1.54, 1.807) is 18.2 Å². The summed E-state index contributed by atoms with van der Waals surface area (Å²) in [5, 5.41) is 12.4. The van der Waals surface area contributed by atoms with Gasteiger partial charge in [-0.3, -0.25) is 9.59 Å². The maximum Gasteiger partial charge on any atom is 0.311 e. The highest BCUT2D eigenvalue weighted by Crippen LogP contribution is 2.31. The summed E-state index contributed by atoms with van der Waals surface area (Å²) in [7, 11) is 0. The van der Waals surface area contributed by atoms with Crippen molar-refractivity contribution < 1.29 is 28.9 Å². The molecule has 0 spiro atoms. The van der Waals surface area contributed by atoms with Gasteiger partial charge in [0.2, 0.25) is 0 Å². The smallest absolute Gasteiger partial charge is 0.311 e. The highest BCUT2D eigenvalue weighted by atomic mass is 16.5. The van der Waals surface area contributed by atoms with Crippen LogP contribution >= 0.6 is 0 Å². The topological polar surface area (TPSA) is 94.1 Å². The van der Waals surface area contributed by atoms with Crippen LogP contribution in [-0.4, -0.2) is 50.0 Å². The number of carboxylic acid groups (broad SMARTS) is 1. The highest BCUT2D eigenvalue weighted by Gasteiger charge is 2.40. The second-order valence-corrected chi connectivity index (χ2v) is 6.74. The van der Waals surface area contributed by atoms with Gasteiger partial charge in [0.25, 0.3) is 5.91 Å². The van der Waals surface area contributed by atoms with Crippen LogP contribution in [0.5, 0.6) is 11.5 Å². The molecule has 27 heavy (non-hydrogen) atoms. The Labute approximate surface area is 160 Å². The van der Waals surface area contributed by atoms with E-state index in [9.17, 15) is 14.7 Å². The zero-order chi connectivity index (χ0) is 19.7. The monoisotopic (exact) mass is 379 g/mol. The summed E-state index contributed by atoms with van der Waals surface area (Å²) in [6.45, 7) is 5.96. The Morgan fingerprint density at radius 3 is 2.33 bits per heavy atom. The molecule has 0 radical (unpaired) electrons. The van der Waals surface area contributed by atoms with Gasteiger partial charge in [-0.05, 0) is 43.9 Å². The SMILES string of the molecule is CCCOc1ccc(C(=O)NCC2(C(=O)O)CCOCC2)cc1OCCC. The van der Waals surface area contributed by atoms with Crippen molar-refractivity contribution in [2.75, 3.05) is 33.0 Å². The predicted molar refractivity (Wildman–Crippen MR) is 100 cm³/mol. The summed E-state index contributed by atoms with van der Waals surface area (Å²) in [6.07, 6.45) is 2.48. The molecule has 0 atom stereocenters. The molecule has 1 aromatic carbocycles. The number of amides is 1. The largest absolute Gasteiger partial charge is 0.490 e. The van der Waals surface area contributed by atoms with Crippen molar-refractivity contribution in [1.82, 2.24) is 5.32 Å². The zero-order valence-electron chi connectivity index (χ0n) is 16.1. The first-order chi connectivity index (χ1) is 13.0. The number of carbonyl (C=O) groups excluding carboxylic acids is 1. The van der Waals surface area contributed by atoms with Gasteiger partial charge in [-0.25, -0.2) is 0 Å². The Kier molecular flexibility index (Phi) is 7.91. The number of hydrogen-bond acceptors (Lipinski definition) is 5. The van der Waals surface area contributed by atoms with E-state index in [1.165, 1.54) is 0 Å². The summed E-state index contributed by atoms with van der Waals surface area (Å²) in [6, 6.07) is 5.03. The molecule has 7 nitrogen and oxygen atoms in total. The molecule has 1 fully saturated rings. The van der Waals surface area contributed by atoms with Gasteiger partial charge in [0.05, 0.1) is 18.6 Å². The van der Waals surface area contributed by atoms with Crippen LogP contribution < -0.4 is 14.8 Å². The summed E-state index contributed by atoms with van der Waals surface area (Å²) in [5.74, 6) is -0.0999. The van der Waals surface area contributed by atoms with Crippen molar-refractivity contribution in [3.63, 3.8) is 0 Å². The molecule has 1 aromatic rings. The number of carboxylic acids is 1. The molecule has 1 heterocycles. The zero-order valence-corrected chi connectivity index (χ0v) is 16.1. The van der Waals surface area contributed by atoms with E-state index in [0.717, 1.165) is 12.8 Å². The normalized spacial score (nSPS) is 15.8. The summed E-state index contributed by atoms with van der Waals surface area (Å²) < 4.78 is 16.6. The third kappa shape index (κ3) is 5.60. The lowest BCUT2D eigenvalue weighted by Crippen LogP contribution is -2.46. The van der Waals surface area contributed by atoms with Crippen LogP contribution in [0, 0.1) is 5.41 Å². The fourth-order valence-corrected chi connectivity index (χ4v) is 2.89. The molecule has 2 N–H and O–H groups in total. The maximum absolute atomic E-state index is 12.6. The maximum atomic E-state index is 12.6. The Hall–Kier alpha value is -2.28. The van der Waals surface area contributed by atoms with E-state index in [0.29, 0.717) is 56.3 Å². The van der Waals surface area contributed by atoms with E-state index < -0.39 is 11.4 Å². The van der Waals surface area contributed by atoms with Gasteiger partial charge >= 0.3 is 5.97 Å². The van der Waals surface area contributed by atoms with Crippen molar-refractivity contribution in [1.29, 1.82) is 0 Å². The lowest BCUT2D eigenvalue weighted by atomic mass is 9.80. The third-order valence-electron chi connectivity index (χ3n) is 4.62. The van der Waals surface area contributed by atoms with Gasteiger partial charge in [-0.15, -0.1) is 0 Å². The van der Waals surface area contributed by atoms with E-state index >= 15 is 0 Å². The van der Waals surface area contributed by atoms with Crippen LogP contribution in [0.4, 0.5) is 0 Å². The Balaban J connectivity index is 2.09. The quantitative estimate of drug-likeness (QED) is 0.649.